The molecule has 0 aliphatic heterocycles. The van der Waals surface area contributed by atoms with E-state index in [-0.39, 0.29) is 5.54 Å². The number of hydrogen-bond donors (Lipinski definition) is 1. The summed E-state index contributed by atoms with van der Waals surface area (Å²) in [7, 11) is 0. The van der Waals surface area contributed by atoms with Gasteiger partial charge in [0.1, 0.15) is 5.54 Å². The van der Waals surface area contributed by atoms with E-state index in [1.807, 2.05) is 0 Å². The molecule has 0 aromatic rings. The molecule has 0 amide bonds. The van der Waals surface area contributed by atoms with Gasteiger partial charge in [0.15, 0.2) is 0 Å². The maximum Gasteiger partial charge on any atom is 0.109 e. The van der Waals surface area contributed by atoms with Crippen molar-refractivity contribution < 1.29 is 0 Å². The van der Waals surface area contributed by atoms with Crippen LogP contribution in [0.2, 0.25) is 0 Å². The van der Waals surface area contributed by atoms with E-state index in [1.54, 1.807) is 0 Å². The van der Waals surface area contributed by atoms with Gasteiger partial charge in [-0.25, -0.2) is 0 Å². The van der Waals surface area contributed by atoms with Gasteiger partial charge in [-0.1, -0.05) is 6.92 Å². The lowest BCUT2D eigenvalue weighted by atomic mass is 9.95. The molecule has 0 heterocycles. The highest BCUT2D eigenvalue weighted by Gasteiger charge is 2.57. The third kappa shape index (κ3) is 0.877. The minimum absolute atomic E-state index is 0.126. The van der Waals surface area contributed by atoms with Crippen molar-refractivity contribution in [3.8, 4) is 6.07 Å². The van der Waals surface area contributed by atoms with Crippen LogP contribution in [0.4, 0.5) is 0 Å². The molecule has 11 heavy (non-hydrogen) atoms. The largest absolute Gasteiger partial charge is 0.299 e. The molecule has 2 nitrogen and oxygen atoms in total. The van der Waals surface area contributed by atoms with Crippen LogP contribution in [0.15, 0.2) is 0 Å². The summed E-state index contributed by atoms with van der Waals surface area (Å²) in [5.41, 5.74) is -0.126. The van der Waals surface area contributed by atoms with Gasteiger partial charge in [0.2, 0.25) is 0 Å². The molecule has 2 heteroatoms. The van der Waals surface area contributed by atoms with Gasteiger partial charge in [-0.3, -0.25) is 5.32 Å². The van der Waals surface area contributed by atoms with Crippen LogP contribution in [0.3, 0.4) is 0 Å². The fourth-order valence-corrected chi connectivity index (χ4v) is 2.48. The van der Waals surface area contributed by atoms with Crippen LogP contribution in [0.25, 0.3) is 0 Å². The Bertz CT molecular complexity index is 206. The second-order valence-electron chi connectivity index (χ2n) is 3.75. The Labute approximate surface area is 67.6 Å². The molecule has 2 fully saturated rings. The normalized spacial score (nSPS) is 46.5. The van der Waals surface area contributed by atoms with Crippen LogP contribution >= 0.6 is 0 Å². The van der Waals surface area contributed by atoms with Crippen LogP contribution in [0, 0.1) is 23.2 Å². The molecule has 2 aliphatic rings. The molecule has 2 aliphatic carbocycles. The number of hydrogen-bond acceptors (Lipinski definition) is 2. The van der Waals surface area contributed by atoms with E-state index in [1.165, 1.54) is 12.8 Å². The summed E-state index contributed by atoms with van der Waals surface area (Å²) in [5, 5.41) is 12.4. The Morgan fingerprint density at radius 2 is 2.55 bits per heavy atom. The molecule has 0 aromatic carbocycles. The van der Waals surface area contributed by atoms with Crippen molar-refractivity contribution in [2.45, 2.75) is 31.7 Å². The Hall–Kier alpha value is -0.550. The van der Waals surface area contributed by atoms with E-state index in [2.05, 4.69) is 18.3 Å². The summed E-state index contributed by atoms with van der Waals surface area (Å²) < 4.78 is 0. The summed E-state index contributed by atoms with van der Waals surface area (Å²) in [4.78, 5) is 0. The van der Waals surface area contributed by atoms with Crippen molar-refractivity contribution in [3.63, 3.8) is 0 Å². The van der Waals surface area contributed by atoms with E-state index >= 15 is 0 Å². The van der Waals surface area contributed by atoms with E-state index in [0.717, 1.165) is 18.9 Å². The van der Waals surface area contributed by atoms with Gasteiger partial charge in [-0.15, -0.1) is 0 Å². The first kappa shape index (κ1) is 7.12. The Balaban J connectivity index is 2.11. The van der Waals surface area contributed by atoms with Crippen molar-refractivity contribution in [2.75, 3.05) is 6.54 Å². The van der Waals surface area contributed by atoms with Crippen LogP contribution in [-0.2, 0) is 0 Å². The van der Waals surface area contributed by atoms with Crippen molar-refractivity contribution in [2.24, 2.45) is 11.8 Å². The highest BCUT2D eigenvalue weighted by Crippen LogP contribution is 2.57. The lowest BCUT2D eigenvalue weighted by Gasteiger charge is -2.23. The molecular weight excluding hydrogens is 136 g/mol. The molecule has 3 atom stereocenters. The first-order chi connectivity index (χ1) is 5.32. The summed E-state index contributed by atoms with van der Waals surface area (Å²) in [6.45, 7) is 3.01. The third-order valence-corrected chi connectivity index (χ3v) is 3.16. The van der Waals surface area contributed by atoms with Crippen LogP contribution in [0.1, 0.15) is 26.2 Å². The van der Waals surface area contributed by atoms with Crippen LogP contribution in [-0.4, -0.2) is 12.1 Å². The van der Waals surface area contributed by atoms with E-state index in [4.69, 9.17) is 5.26 Å². The van der Waals surface area contributed by atoms with Crippen molar-refractivity contribution in [3.05, 3.63) is 0 Å². The maximum absolute atomic E-state index is 9.03. The van der Waals surface area contributed by atoms with Gasteiger partial charge >= 0.3 is 0 Å². The zero-order chi connectivity index (χ0) is 7.90. The highest BCUT2D eigenvalue weighted by atomic mass is 15.0. The quantitative estimate of drug-likeness (QED) is 0.643. The molecule has 3 unspecified atom stereocenters. The van der Waals surface area contributed by atoms with Gasteiger partial charge in [-0.2, -0.15) is 5.26 Å². The second-order valence-corrected chi connectivity index (χ2v) is 3.75. The Morgan fingerprint density at radius 1 is 1.73 bits per heavy atom. The Kier molecular flexibility index (Phi) is 1.43. The summed E-state index contributed by atoms with van der Waals surface area (Å²) >= 11 is 0. The average molecular weight is 150 g/mol. The molecule has 2 saturated carbocycles. The van der Waals surface area contributed by atoms with Gasteiger partial charge in [0.05, 0.1) is 6.07 Å². The number of nitrogens with zero attached hydrogens (tertiary/aromatic N) is 1. The first-order valence-corrected chi connectivity index (χ1v) is 4.48. The van der Waals surface area contributed by atoms with Gasteiger partial charge in [0.25, 0.3) is 0 Å². The van der Waals surface area contributed by atoms with Crippen LogP contribution < -0.4 is 5.32 Å². The van der Waals surface area contributed by atoms with E-state index < -0.39 is 0 Å². The molecule has 60 valence electrons. The Morgan fingerprint density at radius 3 is 2.91 bits per heavy atom. The van der Waals surface area contributed by atoms with E-state index in [0.29, 0.717) is 5.92 Å². The zero-order valence-corrected chi connectivity index (χ0v) is 6.93. The average Bonchev–Trinajstić information content (AvgIpc) is 2.73. The zero-order valence-electron chi connectivity index (χ0n) is 6.93. The lowest BCUT2D eigenvalue weighted by molar-refractivity contribution is 0.386. The molecule has 0 spiro atoms. The van der Waals surface area contributed by atoms with Crippen molar-refractivity contribution >= 4 is 0 Å². The van der Waals surface area contributed by atoms with Gasteiger partial charge in [-0.05, 0) is 37.6 Å². The smallest absolute Gasteiger partial charge is 0.109 e. The SMILES string of the molecule is CCNC1(C#N)CCC2CC21. The molecule has 2 rings (SSSR count). The summed E-state index contributed by atoms with van der Waals surface area (Å²) in [6.07, 6.45) is 3.64. The molecule has 0 aromatic heterocycles. The van der Waals surface area contributed by atoms with Gasteiger partial charge in [0, 0.05) is 0 Å². The molecule has 0 bridgehead atoms. The maximum atomic E-state index is 9.03. The minimum atomic E-state index is -0.126. The van der Waals surface area contributed by atoms with Crippen LogP contribution in [0.5, 0.6) is 0 Å². The number of rotatable bonds is 2. The molecule has 0 radical (unpaired) electrons. The fourth-order valence-electron chi connectivity index (χ4n) is 2.48. The topological polar surface area (TPSA) is 35.8 Å². The molecular formula is C9H14N2. The lowest BCUT2D eigenvalue weighted by Crippen LogP contribution is -2.44. The highest BCUT2D eigenvalue weighted by molar-refractivity contribution is 5.22. The molecule has 1 N–H and O–H groups in total. The fraction of sp³-hybridized carbons (Fsp3) is 0.889. The molecule has 0 saturated heterocycles. The minimum Gasteiger partial charge on any atom is -0.299 e. The summed E-state index contributed by atoms with van der Waals surface area (Å²) in [5.74, 6) is 1.57. The second kappa shape index (κ2) is 2.22. The number of nitriles is 1. The monoisotopic (exact) mass is 150 g/mol. The first-order valence-electron chi connectivity index (χ1n) is 4.48. The van der Waals surface area contributed by atoms with Gasteiger partial charge < -0.3 is 0 Å². The number of nitrogens with one attached hydrogen (secondary N) is 1. The van der Waals surface area contributed by atoms with Crippen molar-refractivity contribution in [1.82, 2.24) is 5.32 Å². The third-order valence-electron chi connectivity index (χ3n) is 3.16. The number of fused-ring (bicyclic) bond motifs is 1. The predicted octanol–water partition coefficient (Wildman–Crippen LogP) is 1.29. The van der Waals surface area contributed by atoms with Crippen molar-refractivity contribution in [1.29, 1.82) is 5.26 Å². The van der Waals surface area contributed by atoms with E-state index in [9.17, 15) is 0 Å². The summed E-state index contributed by atoms with van der Waals surface area (Å²) in [6, 6.07) is 2.46. The standard InChI is InChI=1S/C9H14N2/c1-2-11-9(6-10)4-3-7-5-8(7)9/h7-8,11H,2-5H2,1H3. The predicted molar refractivity (Wildman–Crippen MR) is 42.9 cm³/mol.